The topological polar surface area (TPSA) is 56.7 Å². The molecule has 0 saturated carbocycles. The maximum atomic E-state index is 6.38. The van der Waals surface area contributed by atoms with Crippen molar-refractivity contribution in [2.24, 2.45) is 5.73 Å². The van der Waals surface area contributed by atoms with E-state index in [4.69, 9.17) is 17.3 Å². The molecule has 112 valence electrons. The average Bonchev–Trinajstić information content (AvgIpc) is 2.70. The predicted molar refractivity (Wildman–Crippen MR) is 85.9 cm³/mol. The minimum atomic E-state index is 0.617. The van der Waals surface area contributed by atoms with Crippen molar-refractivity contribution in [3.8, 4) is 0 Å². The standard InChI is InChI=1S/C15H19ClN4S/c16-12-6-4-5-11(8-9-17)14(12)21-15-19-18-13-7-2-1-3-10-20(13)15/h4-6H,1-3,7-10,17H2. The van der Waals surface area contributed by atoms with Crippen molar-refractivity contribution >= 4 is 23.4 Å². The minimum absolute atomic E-state index is 0.617. The van der Waals surface area contributed by atoms with Crippen LogP contribution in [0.4, 0.5) is 0 Å². The zero-order valence-electron chi connectivity index (χ0n) is 11.9. The molecule has 0 saturated heterocycles. The van der Waals surface area contributed by atoms with Gasteiger partial charge in [-0.25, -0.2) is 0 Å². The summed E-state index contributed by atoms with van der Waals surface area (Å²) in [6, 6.07) is 5.98. The van der Waals surface area contributed by atoms with Crippen molar-refractivity contribution in [1.82, 2.24) is 14.8 Å². The number of aryl methyl sites for hydroxylation is 1. The van der Waals surface area contributed by atoms with Crippen molar-refractivity contribution in [1.29, 1.82) is 0 Å². The first-order valence-electron chi connectivity index (χ1n) is 7.37. The number of nitrogens with zero attached hydrogens (tertiary/aromatic N) is 3. The largest absolute Gasteiger partial charge is 0.330 e. The van der Waals surface area contributed by atoms with Crippen LogP contribution in [0.15, 0.2) is 28.3 Å². The Hall–Kier alpha value is -1.04. The molecule has 0 radical (unpaired) electrons. The summed E-state index contributed by atoms with van der Waals surface area (Å²) < 4.78 is 2.24. The zero-order valence-corrected chi connectivity index (χ0v) is 13.5. The van der Waals surface area contributed by atoms with Crippen LogP contribution in [0.5, 0.6) is 0 Å². The van der Waals surface area contributed by atoms with Gasteiger partial charge in [0.1, 0.15) is 5.82 Å². The average molecular weight is 323 g/mol. The molecule has 2 heterocycles. The molecule has 1 aliphatic rings. The molecule has 4 nitrogen and oxygen atoms in total. The molecule has 0 atom stereocenters. The van der Waals surface area contributed by atoms with E-state index in [2.05, 4.69) is 20.8 Å². The SMILES string of the molecule is NCCc1cccc(Cl)c1Sc1nnc2n1CCCCC2. The van der Waals surface area contributed by atoms with E-state index in [-0.39, 0.29) is 0 Å². The summed E-state index contributed by atoms with van der Waals surface area (Å²) in [6.07, 6.45) is 5.50. The van der Waals surface area contributed by atoms with Crippen LogP contribution >= 0.6 is 23.4 Å². The smallest absolute Gasteiger partial charge is 0.196 e. The van der Waals surface area contributed by atoms with Gasteiger partial charge in [-0.1, -0.05) is 30.2 Å². The first kappa shape index (κ1) is 14.9. The number of halogens is 1. The highest BCUT2D eigenvalue weighted by molar-refractivity contribution is 7.99. The van der Waals surface area contributed by atoms with E-state index in [1.54, 1.807) is 11.8 Å². The number of fused-ring (bicyclic) bond motifs is 1. The molecule has 1 aromatic carbocycles. The first-order valence-corrected chi connectivity index (χ1v) is 8.56. The van der Waals surface area contributed by atoms with Crippen molar-refractivity contribution in [2.75, 3.05) is 6.54 Å². The maximum absolute atomic E-state index is 6.38. The fraction of sp³-hybridized carbons (Fsp3) is 0.467. The van der Waals surface area contributed by atoms with Crippen molar-refractivity contribution in [3.05, 3.63) is 34.6 Å². The molecule has 2 N–H and O–H groups in total. The molecular weight excluding hydrogens is 304 g/mol. The van der Waals surface area contributed by atoms with Gasteiger partial charge in [-0.15, -0.1) is 10.2 Å². The molecule has 0 fully saturated rings. The lowest BCUT2D eigenvalue weighted by Gasteiger charge is -2.11. The number of aromatic nitrogens is 3. The van der Waals surface area contributed by atoms with Gasteiger partial charge in [-0.2, -0.15) is 0 Å². The first-order chi connectivity index (χ1) is 10.3. The Kier molecular flexibility index (Phi) is 4.83. The van der Waals surface area contributed by atoms with Crippen LogP contribution in [-0.4, -0.2) is 21.3 Å². The molecule has 2 aromatic rings. The molecule has 0 spiro atoms. The van der Waals surface area contributed by atoms with E-state index < -0.39 is 0 Å². The second kappa shape index (κ2) is 6.81. The van der Waals surface area contributed by atoms with E-state index in [1.807, 2.05) is 12.1 Å². The van der Waals surface area contributed by atoms with Crippen LogP contribution in [0.2, 0.25) is 5.02 Å². The quantitative estimate of drug-likeness (QED) is 0.938. The summed E-state index contributed by atoms with van der Waals surface area (Å²) in [5, 5.41) is 10.4. The highest BCUT2D eigenvalue weighted by Gasteiger charge is 2.18. The predicted octanol–water partition coefficient (Wildman–Crippen LogP) is 3.31. The van der Waals surface area contributed by atoms with Gasteiger partial charge >= 0.3 is 0 Å². The molecule has 0 bridgehead atoms. The number of nitrogens with two attached hydrogens (primary N) is 1. The van der Waals surface area contributed by atoms with Crippen LogP contribution in [0.3, 0.4) is 0 Å². The Labute approximate surface area is 134 Å². The zero-order chi connectivity index (χ0) is 14.7. The van der Waals surface area contributed by atoms with Crippen LogP contribution in [0, 0.1) is 0 Å². The Balaban J connectivity index is 1.92. The summed E-state index contributed by atoms with van der Waals surface area (Å²) in [6.45, 7) is 1.62. The summed E-state index contributed by atoms with van der Waals surface area (Å²) in [7, 11) is 0. The molecule has 3 rings (SSSR count). The normalized spacial score (nSPS) is 14.8. The number of rotatable bonds is 4. The Morgan fingerprint density at radius 2 is 2.14 bits per heavy atom. The summed E-state index contributed by atoms with van der Waals surface area (Å²) in [4.78, 5) is 1.06. The van der Waals surface area contributed by atoms with Gasteiger partial charge in [0, 0.05) is 17.9 Å². The molecule has 1 aromatic heterocycles. The second-order valence-electron chi connectivity index (χ2n) is 5.23. The van der Waals surface area contributed by atoms with Crippen LogP contribution in [0.25, 0.3) is 0 Å². The minimum Gasteiger partial charge on any atom is -0.330 e. The monoisotopic (exact) mass is 322 g/mol. The van der Waals surface area contributed by atoms with Crippen molar-refractivity contribution in [3.63, 3.8) is 0 Å². The highest BCUT2D eigenvalue weighted by Crippen LogP contribution is 2.36. The van der Waals surface area contributed by atoms with Gasteiger partial charge in [-0.05, 0) is 49.2 Å². The van der Waals surface area contributed by atoms with E-state index in [1.165, 1.54) is 24.8 Å². The summed E-state index contributed by atoms with van der Waals surface area (Å²) in [5.74, 6) is 1.10. The third-order valence-electron chi connectivity index (χ3n) is 3.73. The maximum Gasteiger partial charge on any atom is 0.196 e. The molecule has 6 heteroatoms. The van der Waals surface area contributed by atoms with E-state index in [0.717, 1.165) is 40.3 Å². The second-order valence-corrected chi connectivity index (χ2v) is 6.61. The Bertz CT molecular complexity index is 626. The Morgan fingerprint density at radius 3 is 3.00 bits per heavy atom. The van der Waals surface area contributed by atoms with Gasteiger partial charge < -0.3 is 10.3 Å². The van der Waals surface area contributed by atoms with E-state index in [9.17, 15) is 0 Å². The van der Waals surface area contributed by atoms with Gasteiger partial charge in [0.2, 0.25) is 0 Å². The van der Waals surface area contributed by atoms with Crippen LogP contribution in [-0.2, 0) is 19.4 Å². The van der Waals surface area contributed by atoms with Crippen molar-refractivity contribution < 1.29 is 0 Å². The lowest BCUT2D eigenvalue weighted by Crippen LogP contribution is -2.05. The molecule has 0 amide bonds. The van der Waals surface area contributed by atoms with Crippen LogP contribution < -0.4 is 5.73 Å². The molecule has 1 aliphatic heterocycles. The Morgan fingerprint density at radius 1 is 1.24 bits per heavy atom. The molecular formula is C15H19ClN4S. The number of hydrogen-bond acceptors (Lipinski definition) is 4. The highest BCUT2D eigenvalue weighted by atomic mass is 35.5. The number of benzene rings is 1. The van der Waals surface area contributed by atoms with Crippen molar-refractivity contribution in [2.45, 2.75) is 48.7 Å². The van der Waals surface area contributed by atoms with Gasteiger partial charge in [0.15, 0.2) is 5.16 Å². The fourth-order valence-corrected chi connectivity index (χ4v) is 3.99. The van der Waals surface area contributed by atoms with Gasteiger partial charge in [0.25, 0.3) is 0 Å². The third-order valence-corrected chi connectivity index (χ3v) is 5.33. The van der Waals surface area contributed by atoms with Gasteiger partial charge in [0.05, 0.1) is 5.02 Å². The van der Waals surface area contributed by atoms with E-state index >= 15 is 0 Å². The third kappa shape index (κ3) is 3.25. The summed E-state index contributed by atoms with van der Waals surface area (Å²) in [5.41, 5.74) is 6.88. The molecule has 0 unspecified atom stereocenters. The number of hydrogen-bond donors (Lipinski definition) is 1. The fourth-order valence-electron chi connectivity index (χ4n) is 2.65. The lowest BCUT2D eigenvalue weighted by molar-refractivity contribution is 0.591. The van der Waals surface area contributed by atoms with Gasteiger partial charge in [-0.3, -0.25) is 0 Å². The molecule has 0 aliphatic carbocycles. The summed E-state index contributed by atoms with van der Waals surface area (Å²) >= 11 is 7.99. The van der Waals surface area contributed by atoms with Crippen LogP contribution in [0.1, 0.15) is 30.7 Å². The van der Waals surface area contributed by atoms with E-state index in [0.29, 0.717) is 6.54 Å². The lowest BCUT2D eigenvalue weighted by atomic mass is 10.1. The molecule has 21 heavy (non-hydrogen) atoms.